The van der Waals surface area contributed by atoms with E-state index in [1.54, 1.807) is 7.11 Å². The molecular weight excluding hydrogens is 270 g/mol. The lowest BCUT2D eigenvalue weighted by molar-refractivity contribution is -0.142. The Bertz CT molecular complexity index is 471. The average Bonchev–Trinajstić information content (AvgIpc) is 2.46. The van der Waals surface area contributed by atoms with Crippen LogP contribution in [0.1, 0.15) is 38.7 Å². The highest BCUT2D eigenvalue weighted by Gasteiger charge is 2.26. The first-order valence-electron chi connectivity index (χ1n) is 7.22. The van der Waals surface area contributed by atoms with Crippen LogP contribution in [0.4, 0.5) is 0 Å². The van der Waals surface area contributed by atoms with Crippen molar-refractivity contribution < 1.29 is 19.4 Å². The summed E-state index contributed by atoms with van der Waals surface area (Å²) in [7, 11) is 1.62. The van der Waals surface area contributed by atoms with Gasteiger partial charge in [0.05, 0.1) is 13.7 Å². The number of benzene rings is 1. The number of unbranched alkanes of at least 4 members (excludes halogenated alkanes) is 1. The summed E-state index contributed by atoms with van der Waals surface area (Å²) in [6, 6.07) is 5.89. The molecule has 1 atom stereocenters. The normalized spacial score (nSPS) is 13.5. The summed E-state index contributed by atoms with van der Waals surface area (Å²) < 4.78 is 11.0. The number of methoxy groups -OCH3 is 1. The van der Waals surface area contributed by atoms with Crippen molar-refractivity contribution in [3.63, 3.8) is 0 Å². The third-order valence-electron chi connectivity index (χ3n) is 3.47. The average molecular weight is 295 g/mol. The van der Waals surface area contributed by atoms with Gasteiger partial charge in [-0.05, 0) is 50.3 Å². The van der Waals surface area contributed by atoms with Crippen molar-refractivity contribution in [3.05, 3.63) is 23.8 Å². The minimum Gasteiger partial charge on any atom is -0.493 e. The van der Waals surface area contributed by atoms with Crippen LogP contribution in [0.2, 0.25) is 0 Å². The van der Waals surface area contributed by atoms with Crippen molar-refractivity contribution in [1.29, 1.82) is 0 Å². The molecule has 3 N–H and O–H groups in total. The molecule has 0 aliphatic carbocycles. The molecular formula is C16H25NO4. The molecule has 5 nitrogen and oxygen atoms in total. The Morgan fingerprint density at radius 3 is 2.62 bits per heavy atom. The molecule has 1 aromatic carbocycles. The number of carbonyl (C=O) groups is 1. The number of rotatable bonds is 9. The highest BCUT2D eigenvalue weighted by molar-refractivity contribution is 5.77. The van der Waals surface area contributed by atoms with Crippen molar-refractivity contribution >= 4 is 5.97 Å². The van der Waals surface area contributed by atoms with Crippen molar-refractivity contribution in [2.24, 2.45) is 5.73 Å². The van der Waals surface area contributed by atoms with Gasteiger partial charge >= 0.3 is 5.97 Å². The molecule has 0 aliphatic rings. The van der Waals surface area contributed by atoms with E-state index in [-0.39, 0.29) is 0 Å². The van der Waals surface area contributed by atoms with Crippen LogP contribution in [-0.4, -0.2) is 30.3 Å². The summed E-state index contributed by atoms with van der Waals surface area (Å²) in [6.45, 7) is 4.13. The Balaban J connectivity index is 2.41. The van der Waals surface area contributed by atoms with Gasteiger partial charge in [0, 0.05) is 0 Å². The number of aryl methyl sites for hydroxylation is 1. The van der Waals surface area contributed by atoms with Crippen molar-refractivity contribution in [3.8, 4) is 11.5 Å². The first-order chi connectivity index (χ1) is 9.90. The highest BCUT2D eigenvalue weighted by Crippen LogP contribution is 2.28. The zero-order chi connectivity index (χ0) is 15.9. The molecule has 0 fully saturated rings. The molecule has 0 radical (unpaired) electrons. The van der Waals surface area contributed by atoms with Gasteiger partial charge in [0.1, 0.15) is 5.54 Å². The monoisotopic (exact) mass is 295 g/mol. The van der Waals surface area contributed by atoms with Crippen LogP contribution in [0.15, 0.2) is 18.2 Å². The van der Waals surface area contributed by atoms with Gasteiger partial charge < -0.3 is 20.3 Å². The maximum absolute atomic E-state index is 10.9. The van der Waals surface area contributed by atoms with E-state index in [9.17, 15) is 4.79 Å². The SMILES string of the molecule is CCc1ccc(OCCCCC(C)(N)C(=O)O)c(OC)c1. The molecule has 1 rings (SSSR count). The molecule has 5 heteroatoms. The van der Waals surface area contributed by atoms with Gasteiger partial charge in [-0.1, -0.05) is 13.0 Å². The standard InChI is InChI=1S/C16H25NO4/c1-4-12-7-8-13(14(11-12)20-3)21-10-6-5-9-16(2,17)15(18)19/h7-8,11H,4-6,9-10,17H2,1-3H3,(H,18,19). The fourth-order valence-electron chi connectivity index (χ4n) is 1.93. The summed E-state index contributed by atoms with van der Waals surface area (Å²) in [4.78, 5) is 10.9. The molecule has 0 bridgehead atoms. The molecule has 118 valence electrons. The van der Waals surface area contributed by atoms with Crippen molar-refractivity contribution in [2.75, 3.05) is 13.7 Å². The second-order valence-electron chi connectivity index (χ2n) is 5.37. The van der Waals surface area contributed by atoms with Crippen LogP contribution < -0.4 is 15.2 Å². The number of hydrogen-bond acceptors (Lipinski definition) is 4. The zero-order valence-electron chi connectivity index (χ0n) is 13.0. The molecule has 0 heterocycles. The third-order valence-corrected chi connectivity index (χ3v) is 3.47. The smallest absolute Gasteiger partial charge is 0.323 e. The number of carboxylic acid groups (broad SMARTS) is 1. The predicted molar refractivity (Wildman–Crippen MR) is 81.9 cm³/mol. The van der Waals surface area contributed by atoms with Crippen LogP contribution in [0, 0.1) is 0 Å². The summed E-state index contributed by atoms with van der Waals surface area (Å²) in [5.74, 6) is 0.465. The van der Waals surface area contributed by atoms with Crippen LogP contribution >= 0.6 is 0 Å². The van der Waals surface area contributed by atoms with Crippen LogP contribution in [0.25, 0.3) is 0 Å². The van der Waals surface area contributed by atoms with Gasteiger partial charge in [-0.2, -0.15) is 0 Å². The van der Waals surface area contributed by atoms with Crippen molar-refractivity contribution in [1.82, 2.24) is 0 Å². The van der Waals surface area contributed by atoms with E-state index >= 15 is 0 Å². The zero-order valence-corrected chi connectivity index (χ0v) is 13.0. The fraction of sp³-hybridized carbons (Fsp3) is 0.562. The topological polar surface area (TPSA) is 81.8 Å². The third kappa shape index (κ3) is 5.27. The van der Waals surface area contributed by atoms with E-state index in [2.05, 4.69) is 6.92 Å². The minimum absolute atomic E-state index is 0.428. The summed E-state index contributed by atoms with van der Waals surface area (Å²) >= 11 is 0. The van der Waals surface area contributed by atoms with Crippen molar-refractivity contribution in [2.45, 2.75) is 45.1 Å². The number of ether oxygens (including phenoxy) is 2. The van der Waals surface area contributed by atoms with E-state index < -0.39 is 11.5 Å². The van der Waals surface area contributed by atoms with E-state index in [1.807, 2.05) is 18.2 Å². The van der Waals surface area contributed by atoms with Gasteiger partial charge in [-0.15, -0.1) is 0 Å². The molecule has 0 saturated carbocycles. The maximum atomic E-state index is 10.9. The Morgan fingerprint density at radius 2 is 2.05 bits per heavy atom. The van der Waals surface area contributed by atoms with Gasteiger partial charge in [-0.25, -0.2) is 0 Å². The highest BCUT2D eigenvalue weighted by atomic mass is 16.5. The van der Waals surface area contributed by atoms with Gasteiger partial charge in [0.2, 0.25) is 0 Å². The largest absolute Gasteiger partial charge is 0.493 e. The van der Waals surface area contributed by atoms with E-state index in [4.69, 9.17) is 20.3 Å². The summed E-state index contributed by atoms with van der Waals surface area (Å²) in [5, 5.41) is 8.92. The van der Waals surface area contributed by atoms with Crippen LogP contribution in [0.3, 0.4) is 0 Å². The number of carboxylic acids is 1. The Labute approximate surface area is 126 Å². The molecule has 0 aliphatic heterocycles. The summed E-state index contributed by atoms with van der Waals surface area (Å²) in [6.07, 6.45) is 2.83. The Hall–Kier alpha value is -1.75. The first kappa shape index (κ1) is 17.3. The Kier molecular flexibility index (Phi) is 6.49. The fourth-order valence-corrected chi connectivity index (χ4v) is 1.93. The minimum atomic E-state index is -1.17. The second kappa shape index (κ2) is 7.88. The Morgan fingerprint density at radius 1 is 1.33 bits per heavy atom. The number of hydrogen-bond donors (Lipinski definition) is 2. The van der Waals surface area contributed by atoms with Gasteiger partial charge in [-0.3, -0.25) is 4.79 Å². The maximum Gasteiger partial charge on any atom is 0.323 e. The second-order valence-corrected chi connectivity index (χ2v) is 5.37. The lowest BCUT2D eigenvalue weighted by atomic mass is 9.97. The van der Waals surface area contributed by atoms with Gasteiger partial charge in [0.15, 0.2) is 11.5 Å². The predicted octanol–water partition coefficient (Wildman–Crippen LogP) is 2.61. The summed E-state index contributed by atoms with van der Waals surface area (Å²) in [5.41, 5.74) is 5.70. The molecule has 21 heavy (non-hydrogen) atoms. The lowest BCUT2D eigenvalue weighted by Crippen LogP contribution is -2.44. The number of nitrogens with two attached hydrogens (primary N) is 1. The molecule has 0 amide bonds. The van der Waals surface area contributed by atoms with Crippen LogP contribution in [0.5, 0.6) is 11.5 Å². The van der Waals surface area contributed by atoms with E-state index in [1.165, 1.54) is 12.5 Å². The molecule has 0 aromatic heterocycles. The number of aliphatic carboxylic acids is 1. The molecule has 0 spiro atoms. The van der Waals surface area contributed by atoms with E-state index in [0.717, 1.165) is 18.6 Å². The lowest BCUT2D eigenvalue weighted by Gasteiger charge is -2.18. The molecule has 1 unspecified atom stereocenters. The molecule has 1 aromatic rings. The molecule has 0 saturated heterocycles. The quantitative estimate of drug-likeness (QED) is 0.684. The van der Waals surface area contributed by atoms with E-state index in [0.29, 0.717) is 25.2 Å². The van der Waals surface area contributed by atoms with Gasteiger partial charge in [0.25, 0.3) is 0 Å². The first-order valence-corrected chi connectivity index (χ1v) is 7.22. The van der Waals surface area contributed by atoms with Crippen LogP contribution in [-0.2, 0) is 11.2 Å².